The average Bonchev–Trinajstić information content (AvgIpc) is 3.13. The number of rotatable bonds is 3. The summed E-state index contributed by atoms with van der Waals surface area (Å²) in [5.41, 5.74) is -0.0718. The zero-order chi connectivity index (χ0) is 17.4. The Morgan fingerprint density at radius 2 is 1.84 bits per heavy atom. The van der Waals surface area contributed by atoms with Gasteiger partial charge < -0.3 is 9.73 Å². The smallest absolute Gasteiger partial charge is 0.330 e. The molecule has 8 nitrogen and oxygen atoms in total. The van der Waals surface area contributed by atoms with Gasteiger partial charge in [-0.25, -0.2) is 9.59 Å². The summed E-state index contributed by atoms with van der Waals surface area (Å²) in [5, 5.41) is 5.22. The number of nitrogens with one attached hydrogen (secondary N) is 3. The van der Waals surface area contributed by atoms with Crippen LogP contribution in [-0.4, -0.2) is 15.6 Å². The van der Waals surface area contributed by atoms with E-state index in [-0.39, 0.29) is 17.9 Å². The Balaban J connectivity index is 1.90. The summed E-state index contributed by atoms with van der Waals surface area (Å²) in [6.07, 6.45) is 1.46. The van der Waals surface area contributed by atoms with Gasteiger partial charge in [-0.2, -0.15) is 0 Å². The van der Waals surface area contributed by atoms with Crippen LogP contribution in [0.3, 0.4) is 0 Å². The minimum Gasteiger partial charge on any atom is -0.467 e. The van der Waals surface area contributed by atoms with Gasteiger partial charge >= 0.3 is 11.7 Å². The molecule has 0 unspecified atom stereocenters. The minimum absolute atomic E-state index is 0.169. The van der Waals surface area contributed by atoms with Crippen molar-refractivity contribution in [2.75, 3.05) is 5.32 Å². The molecular weight excluding hydrogens is 324 g/mol. The highest BCUT2D eigenvalue weighted by Gasteiger charge is 2.32. The molecular formula is C17H14N4O4. The highest BCUT2D eigenvalue weighted by atomic mass is 16.3. The second-order valence-electron chi connectivity index (χ2n) is 5.64. The Kier molecular flexibility index (Phi) is 3.50. The number of furan rings is 1. The minimum atomic E-state index is -0.773. The molecule has 126 valence electrons. The zero-order valence-corrected chi connectivity index (χ0v) is 13.0. The van der Waals surface area contributed by atoms with Crippen LogP contribution in [0.4, 0.5) is 10.6 Å². The molecule has 0 fully saturated rings. The van der Waals surface area contributed by atoms with Crippen molar-refractivity contribution in [2.45, 2.75) is 12.6 Å². The number of aromatic nitrogens is 2. The van der Waals surface area contributed by atoms with E-state index in [0.717, 1.165) is 5.56 Å². The molecule has 4 rings (SSSR count). The van der Waals surface area contributed by atoms with E-state index in [9.17, 15) is 14.4 Å². The molecule has 0 aliphatic carbocycles. The first-order chi connectivity index (χ1) is 12.1. The van der Waals surface area contributed by atoms with Crippen LogP contribution in [0.1, 0.15) is 22.9 Å². The molecule has 0 spiro atoms. The van der Waals surface area contributed by atoms with Gasteiger partial charge in [0.15, 0.2) is 0 Å². The number of benzene rings is 1. The molecule has 1 aromatic carbocycles. The fraction of sp³-hybridized carbons (Fsp3) is 0.118. The van der Waals surface area contributed by atoms with E-state index < -0.39 is 23.3 Å². The molecule has 0 saturated heterocycles. The van der Waals surface area contributed by atoms with E-state index in [1.165, 1.54) is 10.8 Å². The van der Waals surface area contributed by atoms with Gasteiger partial charge in [0.2, 0.25) is 0 Å². The number of anilines is 1. The van der Waals surface area contributed by atoms with Crippen molar-refractivity contribution in [2.24, 2.45) is 0 Å². The molecule has 25 heavy (non-hydrogen) atoms. The SMILES string of the molecule is O=C1Nc2c(c(=O)[nH]c(=O)n2Cc2ccccc2)[C@@H](c2ccco2)N1. The monoisotopic (exact) mass is 338 g/mol. The number of amides is 2. The van der Waals surface area contributed by atoms with Crippen LogP contribution in [-0.2, 0) is 6.54 Å². The van der Waals surface area contributed by atoms with Crippen molar-refractivity contribution in [1.29, 1.82) is 0 Å². The fourth-order valence-electron chi connectivity index (χ4n) is 2.92. The number of H-pyrrole nitrogens is 1. The van der Waals surface area contributed by atoms with Crippen LogP contribution in [0.5, 0.6) is 0 Å². The third-order valence-corrected chi connectivity index (χ3v) is 4.04. The van der Waals surface area contributed by atoms with Crippen LogP contribution in [0.25, 0.3) is 0 Å². The van der Waals surface area contributed by atoms with E-state index in [1.54, 1.807) is 12.1 Å². The van der Waals surface area contributed by atoms with Crippen molar-refractivity contribution < 1.29 is 9.21 Å². The quantitative estimate of drug-likeness (QED) is 0.670. The first-order valence-corrected chi connectivity index (χ1v) is 7.65. The van der Waals surface area contributed by atoms with Gasteiger partial charge in [0.25, 0.3) is 5.56 Å². The lowest BCUT2D eigenvalue weighted by Crippen LogP contribution is -2.46. The maximum absolute atomic E-state index is 12.4. The van der Waals surface area contributed by atoms with Gasteiger partial charge in [-0.05, 0) is 17.7 Å². The topological polar surface area (TPSA) is 109 Å². The second-order valence-corrected chi connectivity index (χ2v) is 5.64. The average molecular weight is 338 g/mol. The van der Waals surface area contributed by atoms with Crippen molar-refractivity contribution in [3.05, 3.63) is 86.5 Å². The summed E-state index contributed by atoms with van der Waals surface area (Å²) in [6, 6.07) is 11.3. The Morgan fingerprint density at radius 1 is 1.04 bits per heavy atom. The van der Waals surface area contributed by atoms with E-state index >= 15 is 0 Å². The number of aromatic amines is 1. The molecule has 1 aliphatic heterocycles. The Bertz CT molecular complexity index is 1030. The first-order valence-electron chi connectivity index (χ1n) is 7.65. The Hall–Kier alpha value is -3.55. The molecule has 1 atom stereocenters. The van der Waals surface area contributed by atoms with Gasteiger partial charge in [0.1, 0.15) is 17.6 Å². The number of urea groups is 1. The number of hydrogen-bond donors (Lipinski definition) is 3. The standard InChI is InChI=1S/C17H14N4O4/c22-15-12-13(11-7-4-8-25-11)18-16(23)19-14(12)21(17(24)20-15)9-10-5-2-1-3-6-10/h1-8,13H,9H2,(H2,18,19,23)(H,20,22,24)/t13-/m1/s1. The molecule has 3 heterocycles. The molecule has 2 aromatic heterocycles. The summed E-state index contributed by atoms with van der Waals surface area (Å²) in [4.78, 5) is 39.1. The van der Waals surface area contributed by atoms with Crippen LogP contribution in [0.2, 0.25) is 0 Å². The summed E-state index contributed by atoms with van der Waals surface area (Å²) in [7, 11) is 0. The maximum atomic E-state index is 12.4. The molecule has 0 bridgehead atoms. The van der Waals surface area contributed by atoms with Gasteiger partial charge in [0, 0.05) is 0 Å². The molecule has 1 aliphatic rings. The first kappa shape index (κ1) is 15.0. The maximum Gasteiger partial charge on any atom is 0.330 e. The van der Waals surface area contributed by atoms with Gasteiger partial charge in [-0.3, -0.25) is 19.7 Å². The highest BCUT2D eigenvalue weighted by molar-refractivity contribution is 5.92. The molecule has 0 radical (unpaired) electrons. The zero-order valence-electron chi connectivity index (χ0n) is 13.0. The molecule has 3 N–H and O–H groups in total. The fourth-order valence-corrected chi connectivity index (χ4v) is 2.92. The third kappa shape index (κ3) is 2.63. The number of fused-ring (bicyclic) bond motifs is 1. The summed E-state index contributed by atoms with van der Waals surface area (Å²) < 4.78 is 6.67. The van der Waals surface area contributed by atoms with E-state index in [4.69, 9.17) is 4.42 Å². The largest absolute Gasteiger partial charge is 0.467 e. The van der Waals surface area contributed by atoms with Crippen LogP contribution in [0, 0.1) is 0 Å². The lowest BCUT2D eigenvalue weighted by atomic mass is 10.0. The van der Waals surface area contributed by atoms with Crippen LogP contribution in [0.15, 0.2) is 62.7 Å². The Labute approximate surface area is 141 Å². The van der Waals surface area contributed by atoms with Gasteiger partial charge in [-0.1, -0.05) is 30.3 Å². The highest BCUT2D eigenvalue weighted by Crippen LogP contribution is 2.28. The van der Waals surface area contributed by atoms with Gasteiger partial charge in [-0.15, -0.1) is 0 Å². The van der Waals surface area contributed by atoms with Crippen molar-refractivity contribution >= 4 is 11.8 Å². The van der Waals surface area contributed by atoms with Crippen molar-refractivity contribution in [1.82, 2.24) is 14.9 Å². The molecule has 0 saturated carbocycles. The number of hydrogen-bond acceptors (Lipinski definition) is 4. The van der Waals surface area contributed by atoms with Crippen LogP contribution < -0.4 is 21.9 Å². The van der Waals surface area contributed by atoms with Crippen molar-refractivity contribution in [3.63, 3.8) is 0 Å². The van der Waals surface area contributed by atoms with Crippen molar-refractivity contribution in [3.8, 4) is 0 Å². The third-order valence-electron chi connectivity index (χ3n) is 4.04. The predicted molar refractivity (Wildman–Crippen MR) is 89.6 cm³/mol. The lowest BCUT2D eigenvalue weighted by molar-refractivity contribution is 0.246. The summed E-state index contributed by atoms with van der Waals surface area (Å²) in [6.45, 7) is 0.212. The van der Waals surface area contributed by atoms with Crippen LogP contribution >= 0.6 is 0 Å². The summed E-state index contributed by atoms with van der Waals surface area (Å²) in [5.74, 6) is 0.578. The van der Waals surface area contributed by atoms with E-state index in [2.05, 4.69) is 15.6 Å². The molecule has 8 heteroatoms. The summed E-state index contributed by atoms with van der Waals surface area (Å²) >= 11 is 0. The second kappa shape index (κ2) is 5.82. The predicted octanol–water partition coefficient (Wildman–Crippen LogP) is 1.40. The Morgan fingerprint density at radius 3 is 2.56 bits per heavy atom. The lowest BCUT2D eigenvalue weighted by Gasteiger charge is -2.27. The number of carbonyl (C=O) groups is 1. The van der Waals surface area contributed by atoms with E-state index in [0.29, 0.717) is 5.76 Å². The molecule has 3 aromatic rings. The number of nitrogens with zero attached hydrogens (tertiary/aromatic N) is 1. The normalized spacial score (nSPS) is 16.0. The van der Waals surface area contributed by atoms with Gasteiger partial charge in [0.05, 0.1) is 18.4 Å². The molecule has 2 amide bonds. The number of carbonyl (C=O) groups excluding carboxylic acids is 1. The van der Waals surface area contributed by atoms with E-state index in [1.807, 2.05) is 30.3 Å².